The maximum Gasteiger partial charge on any atom is 0.260 e. The molecule has 1 aliphatic carbocycles. The Bertz CT molecular complexity index is 1730. The molecule has 0 spiro atoms. The second-order valence-corrected chi connectivity index (χ2v) is 13.9. The second kappa shape index (κ2) is 9.38. The van der Waals surface area contributed by atoms with E-state index in [1.165, 1.54) is 79.7 Å². The van der Waals surface area contributed by atoms with E-state index in [9.17, 15) is 0 Å². The maximum absolute atomic E-state index is 2.54. The Morgan fingerprint density at radius 2 is 1.48 bits per heavy atom. The standard InChI is InChI=1S/C37H38BNS/c1-25-15-13-21-31-33(25)38(30-20-14-19-29(26(30)2)37(5)24-12-11-23-36(37,3)4)35-34(28-18-9-10-22-32(28)40-35)39(31)27-16-7-6-8-17-27/h6-10,13-22H,11-12,23-24H2,1-5H3. The maximum atomic E-state index is 2.54. The van der Waals surface area contributed by atoms with Crippen LogP contribution in [0.5, 0.6) is 0 Å². The molecule has 0 amide bonds. The predicted octanol–water partition coefficient (Wildman–Crippen LogP) is 8.68. The van der Waals surface area contributed by atoms with E-state index in [1.807, 2.05) is 11.3 Å². The van der Waals surface area contributed by atoms with E-state index in [-0.39, 0.29) is 17.5 Å². The van der Waals surface area contributed by atoms with Crippen molar-refractivity contribution in [1.29, 1.82) is 0 Å². The third-order valence-corrected chi connectivity index (χ3v) is 11.7. The average molecular weight is 540 g/mol. The summed E-state index contributed by atoms with van der Waals surface area (Å²) in [7, 11) is 0. The minimum absolute atomic E-state index is 0.174. The molecule has 3 heteroatoms. The molecule has 4 aromatic carbocycles. The number of anilines is 3. The van der Waals surface area contributed by atoms with Crippen LogP contribution in [0.1, 0.15) is 63.1 Å². The van der Waals surface area contributed by atoms with Gasteiger partial charge >= 0.3 is 0 Å². The summed E-state index contributed by atoms with van der Waals surface area (Å²) in [4.78, 5) is 2.53. The van der Waals surface area contributed by atoms with Crippen molar-refractivity contribution in [3.63, 3.8) is 0 Å². The van der Waals surface area contributed by atoms with E-state index in [4.69, 9.17) is 0 Å². The highest BCUT2D eigenvalue weighted by Crippen LogP contribution is 2.52. The molecule has 200 valence electrons. The number of para-hydroxylation sites is 1. The first kappa shape index (κ1) is 25.7. The third-order valence-electron chi connectivity index (χ3n) is 10.4. The van der Waals surface area contributed by atoms with Crippen LogP contribution in [0, 0.1) is 19.3 Å². The highest BCUT2D eigenvalue weighted by atomic mass is 32.1. The summed E-state index contributed by atoms with van der Waals surface area (Å²) in [5.74, 6) is 0. The van der Waals surface area contributed by atoms with Gasteiger partial charge in [-0.25, -0.2) is 0 Å². The molecule has 7 rings (SSSR count). The van der Waals surface area contributed by atoms with Crippen molar-refractivity contribution >= 4 is 60.9 Å². The van der Waals surface area contributed by atoms with Gasteiger partial charge in [0.2, 0.25) is 0 Å². The summed E-state index contributed by atoms with van der Waals surface area (Å²) < 4.78 is 2.82. The van der Waals surface area contributed by atoms with Crippen LogP contribution in [-0.2, 0) is 5.41 Å². The fourth-order valence-electron chi connectivity index (χ4n) is 7.83. The van der Waals surface area contributed by atoms with Crippen LogP contribution in [0.15, 0.2) is 91.0 Å². The number of thiophene rings is 1. The molecule has 0 saturated heterocycles. The minimum atomic E-state index is 0.174. The number of aryl methyl sites for hydroxylation is 1. The van der Waals surface area contributed by atoms with E-state index in [0.29, 0.717) is 0 Å². The van der Waals surface area contributed by atoms with Crippen LogP contribution < -0.4 is 20.6 Å². The molecule has 2 aliphatic rings. The van der Waals surface area contributed by atoms with Gasteiger partial charge in [0.25, 0.3) is 6.71 Å². The molecule has 0 N–H and O–H groups in total. The van der Waals surface area contributed by atoms with Crippen LogP contribution in [0.4, 0.5) is 17.1 Å². The number of fused-ring (bicyclic) bond motifs is 4. The molecular weight excluding hydrogens is 501 g/mol. The van der Waals surface area contributed by atoms with Crippen LogP contribution in [0.25, 0.3) is 10.1 Å². The van der Waals surface area contributed by atoms with Crippen molar-refractivity contribution in [2.24, 2.45) is 5.41 Å². The Balaban J connectivity index is 1.53. The van der Waals surface area contributed by atoms with Gasteiger partial charge in [0, 0.05) is 26.2 Å². The van der Waals surface area contributed by atoms with E-state index < -0.39 is 0 Å². The molecule has 1 saturated carbocycles. The van der Waals surface area contributed by atoms with Crippen molar-refractivity contribution in [3.05, 3.63) is 108 Å². The molecule has 1 aromatic heterocycles. The minimum Gasteiger partial charge on any atom is -0.310 e. The van der Waals surface area contributed by atoms with Gasteiger partial charge in [-0.2, -0.15) is 0 Å². The summed E-state index contributed by atoms with van der Waals surface area (Å²) in [6, 6.07) is 34.0. The Labute approximate surface area is 244 Å². The number of benzene rings is 4. The topological polar surface area (TPSA) is 3.24 Å². The summed E-state index contributed by atoms with van der Waals surface area (Å²) in [5.41, 5.74) is 11.6. The molecule has 0 radical (unpaired) electrons. The Kier molecular flexibility index (Phi) is 6.02. The number of hydrogen-bond acceptors (Lipinski definition) is 2. The molecule has 0 bridgehead atoms. The quantitative estimate of drug-likeness (QED) is 0.203. The molecule has 1 nitrogen and oxygen atoms in total. The van der Waals surface area contributed by atoms with E-state index in [1.54, 1.807) is 5.56 Å². The molecule has 1 aliphatic heterocycles. The van der Waals surface area contributed by atoms with Gasteiger partial charge < -0.3 is 4.90 Å². The lowest BCUT2D eigenvalue weighted by molar-refractivity contribution is 0.109. The lowest BCUT2D eigenvalue weighted by Crippen LogP contribution is -2.58. The highest BCUT2D eigenvalue weighted by molar-refractivity contribution is 7.33. The lowest BCUT2D eigenvalue weighted by atomic mass is 9.36. The van der Waals surface area contributed by atoms with Crippen molar-refractivity contribution < 1.29 is 0 Å². The van der Waals surface area contributed by atoms with E-state index in [2.05, 4.69) is 131 Å². The molecular formula is C37H38BNS. The van der Waals surface area contributed by atoms with Gasteiger partial charge in [-0.1, -0.05) is 117 Å². The van der Waals surface area contributed by atoms with Crippen LogP contribution in [0.3, 0.4) is 0 Å². The normalized spacial score (nSPS) is 19.9. The SMILES string of the molecule is Cc1cccc2c1B(c1cccc(C3(C)CCCCC3(C)C)c1C)c1sc3ccccc3c1N2c1ccccc1. The molecule has 40 heavy (non-hydrogen) atoms. The number of hydrogen-bond donors (Lipinski definition) is 0. The second-order valence-electron chi connectivity index (χ2n) is 12.9. The Morgan fingerprint density at radius 3 is 2.27 bits per heavy atom. The largest absolute Gasteiger partial charge is 0.310 e. The van der Waals surface area contributed by atoms with Gasteiger partial charge in [0.05, 0.1) is 5.69 Å². The van der Waals surface area contributed by atoms with Crippen LogP contribution in [-0.4, -0.2) is 6.71 Å². The zero-order valence-corrected chi connectivity index (χ0v) is 25.2. The fraction of sp³-hybridized carbons (Fsp3) is 0.297. The number of nitrogens with zero attached hydrogens (tertiary/aromatic N) is 1. The van der Waals surface area contributed by atoms with Crippen molar-refractivity contribution in [1.82, 2.24) is 0 Å². The van der Waals surface area contributed by atoms with Gasteiger partial charge in [0.15, 0.2) is 0 Å². The lowest BCUT2D eigenvalue weighted by Gasteiger charge is -2.49. The fourth-order valence-corrected chi connectivity index (χ4v) is 9.15. The van der Waals surface area contributed by atoms with Crippen molar-refractivity contribution in [2.45, 2.75) is 65.7 Å². The predicted molar refractivity (Wildman–Crippen MR) is 177 cm³/mol. The summed E-state index contributed by atoms with van der Waals surface area (Å²) in [6.45, 7) is 12.5. The molecule has 5 aromatic rings. The van der Waals surface area contributed by atoms with Crippen molar-refractivity contribution in [3.8, 4) is 0 Å². The van der Waals surface area contributed by atoms with E-state index >= 15 is 0 Å². The van der Waals surface area contributed by atoms with Gasteiger partial charge in [-0.3, -0.25) is 0 Å². The summed E-state index contributed by atoms with van der Waals surface area (Å²) in [5, 5.41) is 1.35. The third kappa shape index (κ3) is 3.67. The average Bonchev–Trinajstić information content (AvgIpc) is 3.33. The first-order valence-corrected chi connectivity index (χ1v) is 15.7. The summed E-state index contributed by atoms with van der Waals surface area (Å²) in [6.07, 6.45) is 5.23. The van der Waals surface area contributed by atoms with Crippen LogP contribution in [0.2, 0.25) is 0 Å². The van der Waals surface area contributed by atoms with Crippen molar-refractivity contribution in [2.75, 3.05) is 4.90 Å². The first-order valence-electron chi connectivity index (χ1n) is 14.9. The highest BCUT2D eigenvalue weighted by Gasteiger charge is 2.46. The Morgan fingerprint density at radius 1 is 0.750 bits per heavy atom. The van der Waals surface area contributed by atoms with Crippen LogP contribution >= 0.6 is 11.3 Å². The van der Waals surface area contributed by atoms with Gasteiger partial charge in [-0.05, 0) is 72.8 Å². The zero-order chi connectivity index (χ0) is 27.6. The zero-order valence-electron chi connectivity index (χ0n) is 24.4. The van der Waals surface area contributed by atoms with Gasteiger partial charge in [-0.15, -0.1) is 11.3 Å². The first-order chi connectivity index (χ1) is 19.3. The monoisotopic (exact) mass is 539 g/mol. The van der Waals surface area contributed by atoms with Gasteiger partial charge in [0.1, 0.15) is 0 Å². The summed E-state index contributed by atoms with van der Waals surface area (Å²) >= 11 is 1.98. The molecule has 1 unspecified atom stereocenters. The molecule has 2 heterocycles. The smallest absolute Gasteiger partial charge is 0.260 e. The molecule has 1 fully saturated rings. The van der Waals surface area contributed by atoms with E-state index in [0.717, 1.165) is 0 Å². The number of rotatable bonds is 3. The Hall–Kier alpha value is -3.30. The molecule has 1 atom stereocenters.